The van der Waals surface area contributed by atoms with Crippen molar-refractivity contribution < 1.29 is 9.32 Å². The first-order chi connectivity index (χ1) is 11.1. The van der Waals surface area contributed by atoms with Crippen molar-refractivity contribution in [2.75, 3.05) is 39.5 Å². The lowest BCUT2D eigenvalue weighted by Gasteiger charge is -2.49. The van der Waals surface area contributed by atoms with E-state index in [9.17, 15) is 4.79 Å². The maximum absolute atomic E-state index is 11.7. The number of amides is 1. The zero-order chi connectivity index (χ0) is 16.3. The van der Waals surface area contributed by atoms with Crippen LogP contribution in [0.25, 0.3) is 0 Å². The average Bonchev–Trinajstić information content (AvgIpc) is 2.87. The Morgan fingerprint density at radius 1 is 1.39 bits per heavy atom. The third kappa shape index (κ3) is 3.87. The summed E-state index contributed by atoms with van der Waals surface area (Å²) in [6, 6.07) is 0. The maximum Gasteiger partial charge on any atom is 0.240 e. The van der Waals surface area contributed by atoms with Crippen molar-refractivity contribution in [3.63, 3.8) is 0 Å². The third-order valence-corrected chi connectivity index (χ3v) is 5.50. The van der Waals surface area contributed by atoms with Gasteiger partial charge in [0, 0.05) is 38.1 Å². The Kier molecular flexibility index (Phi) is 5.23. The van der Waals surface area contributed by atoms with E-state index in [-0.39, 0.29) is 11.4 Å². The van der Waals surface area contributed by atoms with Crippen LogP contribution in [-0.2, 0) is 17.1 Å². The van der Waals surface area contributed by atoms with Crippen LogP contribution in [0.3, 0.4) is 0 Å². The van der Waals surface area contributed by atoms with Gasteiger partial charge in [0.15, 0.2) is 5.82 Å². The molecule has 0 aliphatic carbocycles. The van der Waals surface area contributed by atoms with Gasteiger partial charge in [-0.05, 0) is 26.1 Å². The molecule has 2 aliphatic rings. The molecule has 23 heavy (non-hydrogen) atoms. The standard InChI is InChI=1S/C15H25N5O2S/c1-19-7-8-20(9-14-17-12(10-23-2)18-22-14)11-15(19)4-3-13(21)16-6-5-15/h3-11H2,1-2H3,(H,16,21)/t15-/m1/s1. The first-order valence-corrected chi connectivity index (χ1v) is 9.51. The average molecular weight is 339 g/mol. The Labute approximate surface area is 141 Å². The van der Waals surface area contributed by atoms with Crippen molar-refractivity contribution in [1.82, 2.24) is 25.3 Å². The van der Waals surface area contributed by atoms with Crippen molar-refractivity contribution in [2.24, 2.45) is 0 Å². The van der Waals surface area contributed by atoms with E-state index in [1.807, 2.05) is 6.26 Å². The number of hydrogen-bond donors (Lipinski definition) is 1. The molecule has 0 saturated carbocycles. The third-order valence-electron chi connectivity index (χ3n) is 4.95. The van der Waals surface area contributed by atoms with Gasteiger partial charge in [0.2, 0.25) is 11.8 Å². The number of carbonyl (C=O) groups excluding carboxylic acids is 1. The zero-order valence-electron chi connectivity index (χ0n) is 13.9. The van der Waals surface area contributed by atoms with E-state index in [2.05, 4.69) is 32.3 Å². The van der Waals surface area contributed by atoms with Gasteiger partial charge < -0.3 is 9.84 Å². The quantitative estimate of drug-likeness (QED) is 0.866. The fourth-order valence-corrected chi connectivity index (χ4v) is 3.92. The molecular weight excluding hydrogens is 314 g/mol. The van der Waals surface area contributed by atoms with Gasteiger partial charge in [-0.25, -0.2) is 0 Å². The topological polar surface area (TPSA) is 74.5 Å². The highest BCUT2D eigenvalue weighted by atomic mass is 32.2. The minimum Gasteiger partial charge on any atom is -0.356 e. The van der Waals surface area contributed by atoms with E-state index in [1.165, 1.54) is 0 Å². The molecule has 3 rings (SSSR count). The number of thioether (sulfide) groups is 1. The van der Waals surface area contributed by atoms with Gasteiger partial charge >= 0.3 is 0 Å². The van der Waals surface area contributed by atoms with Gasteiger partial charge in [-0.1, -0.05) is 5.16 Å². The van der Waals surface area contributed by atoms with Crippen LogP contribution in [0.4, 0.5) is 0 Å². The largest absolute Gasteiger partial charge is 0.356 e. The smallest absolute Gasteiger partial charge is 0.240 e. The highest BCUT2D eigenvalue weighted by Crippen LogP contribution is 2.30. The summed E-state index contributed by atoms with van der Waals surface area (Å²) in [6.45, 7) is 4.38. The normalized spacial score (nSPS) is 27.1. The molecule has 0 aromatic carbocycles. The number of likely N-dealkylation sites (N-methyl/N-ethyl adjacent to an activating group) is 1. The molecule has 3 heterocycles. The number of nitrogens with one attached hydrogen (secondary N) is 1. The number of rotatable bonds is 4. The zero-order valence-corrected chi connectivity index (χ0v) is 14.7. The van der Waals surface area contributed by atoms with Crippen LogP contribution in [0.2, 0.25) is 0 Å². The van der Waals surface area contributed by atoms with Gasteiger partial charge in [0.25, 0.3) is 0 Å². The predicted octanol–water partition coefficient (Wildman–Crippen LogP) is 0.719. The Morgan fingerprint density at radius 3 is 3.09 bits per heavy atom. The SMILES string of the molecule is CSCc1noc(CN2CCN(C)[C@]3(CCNC(=O)CC3)C2)n1. The second-order valence-corrected chi connectivity index (χ2v) is 7.36. The molecule has 1 atom stereocenters. The van der Waals surface area contributed by atoms with Gasteiger partial charge in [0.1, 0.15) is 0 Å². The lowest BCUT2D eigenvalue weighted by atomic mass is 9.86. The molecule has 1 aromatic heterocycles. The number of aromatic nitrogens is 2. The van der Waals surface area contributed by atoms with E-state index < -0.39 is 0 Å². The molecular formula is C15H25N5O2S. The van der Waals surface area contributed by atoms with Crippen molar-refractivity contribution in [3.8, 4) is 0 Å². The molecule has 0 bridgehead atoms. The van der Waals surface area contributed by atoms with E-state index >= 15 is 0 Å². The molecule has 0 unspecified atom stereocenters. The second kappa shape index (κ2) is 7.19. The summed E-state index contributed by atoms with van der Waals surface area (Å²) in [4.78, 5) is 20.9. The van der Waals surface area contributed by atoms with Crippen LogP contribution in [-0.4, -0.2) is 70.9 Å². The molecule has 2 aliphatic heterocycles. The van der Waals surface area contributed by atoms with Crippen molar-refractivity contribution in [2.45, 2.75) is 37.1 Å². The van der Waals surface area contributed by atoms with E-state index in [4.69, 9.17) is 4.52 Å². The van der Waals surface area contributed by atoms with Crippen molar-refractivity contribution in [1.29, 1.82) is 0 Å². The lowest BCUT2D eigenvalue weighted by molar-refractivity contribution is -0.121. The molecule has 1 N–H and O–H groups in total. The van der Waals surface area contributed by atoms with E-state index in [1.54, 1.807) is 11.8 Å². The summed E-state index contributed by atoms with van der Waals surface area (Å²) in [7, 11) is 2.18. The molecule has 7 nitrogen and oxygen atoms in total. The molecule has 0 radical (unpaired) electrons. The fraction of sp³-hybridized carbons (Fsp3) is 0.800. The molecule has 128 valence electrons. The molecule has 1 aromatic rings. The Morgan fingerprint density at radius 2 is 2.26 bits per heavy atom. The molecule has 2 fully saturated rings. The van der Waals surface area contributed by atoms with E-state index in [0.717, 1.165) is 50.6 Å². The summed E-state index contributed by atoms with van der Waals surface area (Å²) >= 11 is 1.69. The fourth-order valence-electron chi connectivity index (χ4n) is 3.55. The molecule has 1 amide bonds. The number of nitrogens with zero attached hydrogens (tertiary/aromatic N) is 4. The van der Waals surface area contributed by atoms with Crippen LogP contribution in [0.5, 0.6) is 0 Å². The summed E-state index contributed by atoms with van der Waals surface area (Å²) in [5.41, 5.74) is 0.0690. The number of piperazine rings is 1. The summed E-state index contributed by atoms with van der Waals surface area (Å²) in [5, 5.41) is 7.01. The van der Waals surface area contributed by atoms with Gasteiger partial charge in [-0.3, -0.25) is 14.6 Å². The summed E-state index contributed by atoms with van der Waals surface area (Å²) in [5.74, 6) is 2.41. The van der Waals surface area contributed by atoms with Crippen LogP contribution in [0.1, 0.15) is 31.0 Å². The lowest BCUT2D eigenvalue weighted by Crippen LogP contribution is -2.60. The monoisotopic (exact) mass is 339 g/mol. The first-order valence-electron chi connectivity index (χ1n) is 8.12. The van der Waals surface area contributed by atoms with Crippen LogP contribution in [0, 0.1) is 0 Å². The highest BCUT2D eigenvalue weighted by Gasteiger charge is 2.41. The van der Waals surface area contributed by atoms with Crippen LogP contribution >= 0.6 is 11.8 Å². The van der Waals surface area contributed by atoms with Crippen LogP contribution < -0.4 is 5.32 Å². The Balaban J connectivity index is 1.65. The van der Waals surface area contributed by atoms with Gasteiger partial charge in [-0.2, -0.15) is 16.7 Å². The Bertz CT molecular complexity index is 552. The minimum atomic E-state index is 0.0690. The summed E-state index contributed by atoms with van der Waals surface area (Å²) in [6.07, 6.45) is 4.54. The van der Waals surface area contributed by atoms with Crippen molar-refractivity contribution >= 4 is 17.7 Å². The van der Waals surface area contributed by atoms with Crippen molar-refractivity contribution in [3.05, 3.63) is 11.7 Å². The second-order valence-electron chi connectivity index (χ2n) is 6.49. The molecule has 1 spiro atoms. The van der Waals surface area contributed by atoms with Crippen LogP contribution in [0.15, 0.2) is 4.52 Å². The highest BCUT2D eigenvalue weighted by molar-refractivity contribution is 7.97. The van der Waals surface area contributed by atoms with Gasteiger partial charge in [0.05, 0.1) is 12.3 Å². The number of carbonyl (C=O) groups is 1. The Hall–Kier alpha value is -1.12. The molecule has 2 saturated heterocycles. The number of hydrogen-bond acceptors (Lipinski definition) is 7. The minimum absolute atomic E-state index is 0.0690. The van der Waals surface area contributed by atoms with Gasteiger partial charge in [-0.15, -0.1) is 0 Å². The first kappa shape index (κ1) is 16.7. The predicted molar refractivity (Wildman–Crippen MR) is 89.0 cm³/mol. The van der Waals surface area contributed by atoms with E-state index in [0.29, 0.717) is 18.9 Å². The molecule has 8 heteroatoms. The maximum atomic E-state index is 11.7. The summed E-state index contributed by atoms with van der Waals surface area (Å²) < 4.78 is 5.37.